The SMILES string of the molecule is COC(=O)C[C@H]1OC(C)(C)[C@@H]2C[C@H]3O[C@@]12C[C@]12CC[C@]4(C)C(=O)[C@@H](C)[C@@H]5[C@H]6OC(=O)[C@@H](C)[C@H]6C[C@@](O1)(C(=O)[C@H]32)[C@@H]54. The van der Waals surface area contributed by atoms with Crippen molar-refractivity contribution in [2.45, 2.75) is 114 Å². The maximum atomic E-state index is 15.0. The van der Waals surface area contributed by atoms with E-state index in [0.717, 1.165) is 0 Å². The summed E-state index contributed by atoms with van der Waals surface area (Å²) in [7, 11) is 1.38. The van der Waals surface area contributed by atoms with E-state index in [2.05, 4.69) is 0 Å². The molecule has 0 amide bonds. The van der Waals surface area contributed by atoms with Crippen molar-refractivity contribution in [2.24, 2.45) is 46.8 Å². The normalized spacial score (nSPS) is 58.1. The molecule has 6 saturated heterocycles. The average molecular weight is 557 g/mol. The van der Waals surface area contributed by atoms with Gasteiger partial charge in [-0.1, -0.05) is 20.8 Å². The van der Waals surface area contributed by atoms with Crippen molar-refractivity contribution in [3.8, 4) is 0 Å². The van der Waals surface area contributed by atoms with Crippen LogP contribution in [0.15, 0.2) is 0 Å². The third-order valence-electron chi connectivity index (χ3n) is 13.2. The Morgan fingerprint density at radius 3 is 2.50 bits per heavy atom. The summed E-state index contributed by atoms with van der Waals surface area (Å²) in [5, 5.41) is 0. The Balaban J connectivity index is 1.27. The van der Waals surface area contributed by atoms with E-state index in [9.17, 15) is 14.4 Å². The maximum Gasteiger partial charge on any atom is 0.309 e. The molecular formula is C31H40O9. The summed E-state index contributed by atoms with van der Waals surface area (Å²) in [6.45, 7) is 9.95. The summed E-state index contributed by atoms with van der Waals surface area (Å²) in [6, 6.07) is 0. The van der Waals surface area contributed by atoms with E-state index < -0.39 is 39.8 Å². The summed E-state index contributed by atoms with van der Waals surface area (Å²) < 4.78 is 31.8. The van der Waals surface area contributed by atoms with Gasteiger partial charge in [-0.2, -0.15) is 0 Å². The molecule has 9 nitrogen and oxygen atoms in total. The van der Waals surface area contributed by atoms with Gasteiger partial charge >= 0.3 is 11.9 Å². The van der Waals surface area contributed by atoms with E-state index in [1.165, 1.54) is 7.11 Å². The van der Waals surface area contributed by atoms with Crippen LogP contribution in [-0.2, 0) is 42.9 Å². The number of hydrogen-bond acceptors (Lipinski definition) is 9. The van der Waals surface area contributed by atoms with Gasteiger partial charge in [-0.05, 0) is 39.5 Å². The third-order valence-corrected chi connectivity index (χ3v) is 13.2. The summed E-state index contributed by atoms with van der Waals surface area (Å²) >= 11 is 0. The molecule has 4 bridgehead atoms. The molecule has 8 fully saturated rings. The Hall–Kier alpha value is -1.84. The number of carbonyl (C=O) groups excluding carboxylic acids is 4. The molecule has 8 rings (SSSR count). The second-order valence-corrected chi connectivity index (χ2v) is 15.1. The number of methoxy groups -OCH3 is 1. The molecule has 218 valence electrons. The van der Waals surface area contributed by atoms with E-state index in [1.807, 2.05) is 34.6 Å². The number of carbonyl (C=O) groups is 4. The molecule has 8 aliphatic rings. The molecule has 0 unspecified atom stereocenters. The van der Waals surface area contributed by atoms with E-state index in [-0.39, 0.29) is 77.6 Å². The fourth-order valence-electron chi connectivity index (χ4n) is 11.8. The van der Waals surface area contributed by atoms with Gasteiger partial charge in [-0.3, -0.25) is 19.2 Å². The lowest BCUT2D eigenvalue weighted by molar-refractivity contribution is -0.240. The second kappa shape index (κ2) is 7.38. The molecule has 0 aromatic heterocycles. The zero-order valence-corrected chi connectivity index (χ0v) is 24.2. The first-order valence-electron chi connectivity index (χ1n) is 15.2. The average Bonchev–Trinajstić information content (AvgIpc) is 3.54. The number of ether oxygens (including phenoxy) is 5. The predicted octanol–water partition coefficient (Wildman–Crippen LogP) is 2.80. The molecule has 3 spiro atoms. The van der Waals surface area contributed by atoms with Crippen LogP contribution in [0.5, 0.6) is 0 Å². The van der Waals surface area contributed by atoms with Crippen molar-refractivity contribution in [1.29, 1.82) is 0 Å². The van der Waals surface area contributed by atoms with Crippen molar-refractivity contribution in [3.05, 3.63) is 0 Å². The summed E-state index contributed by atoms with van der Waals surface area (Å²) in [5.41, 5.74) is -4.02. The minimum Gasteiger partial charge on any atom is -0.469 e. The van der Waals surface area contributed by atoms with Gasteiger partial charge < -0.3 is 23.7 Å². The Morgan fingerprint density at radius 1 is 1.02 bits per heavy atom. The highest BCUT2D eigenvalue weighted by atomic mass is 16.6. The fourth-order valence-corrected chi connectivity index (χ4v) is 11.8. The molecule has 2 saturated carbocycles. The van der Waals surface area contributed by atoms with Gasteiger partial charge in [0.25, 0.3) is 0 Å². The van der Waals surface area contributed by atoms with Gasteiger partial charge in [-0.25, -0.2) is 0 Å². The molecule has 0 N–H and O–H groups in total. The molecular weight excluding hydrogens is 516 g/mol. The van der Waals surface area contributed by atoms with Gasteiger partial charge in [-0.15, -0.1) is 0 Å². The van der Waals surface area contributed by atoms with Crippen LogP contribution in [0.2, 0.25) is 0 Å². The number of Topliss-reactive ketones (excluding diaryl/α,β-unsaturated/α-hetero) is 2. The monoisotopic (exact) mass is 556 g/mol. The molecule has 40 heavy (non-hydrogen) atoms. The van der Waals surface area contributed by atoms with Crippen molar-refractivity contribution in [1.82, 2.24) is 0 Å². The minimum atomic E-state index is -1.16. The zero-order chi connectivity index (χ0) is 28.4. The number of esters is 2. The van der Waals surface area contributed by atoms with Crippen molar-refractivity contribution in [2.75, 3.05) is 7.11 Å². The highest BCUT2D eigenvalue weighted by Crippen LogP contribution is 2.74. The van der Waals surface area contributed by atoms with Crippen LogP contribution < -0.4 is 0 Å². The Bertz CT molecular complexity index is 1260. The second-order valence-electron chi connectivity index (χ2n) is 15.1. The lowest BCUT2D eigenvalue weighted by Crippen LogP contribution is -2.61. The third kappa shape index (κ3) is 2.64. The molecule has 2 aliphatic carbocycles. The van der Waals surface area contributed by atoms with Crippen LogP contribution >= 0.6 is 0 Å². The van der Waals surface area contributed by atoms with Gasteiger partial charge in [0, 0.05) is 41.4 Å². The molecule has 0 aromatic carbocycles. The quantitative estimate of drug-likeness (QED) is 0.474. The highest BCUT2D eigenvalue weighted by Gasteiger charge is 2.84. The van der Waals surface area contributed by atoms with Gasteiger partial charge in [0.15, 0.2) is 5.78 Å². The van der Waals surface area contributed by atoms with E-state index in [0.29, 0.717) is 32.1 Å². The molecule has 9 heteroatoms. The topological polar surface area (TPSA) is 114 Å². The standard InChI is InChI=1S/C31H40O9/c1-13-15-11-30-23-20(22(15)37-26(13)35)14(2)24(33)28(23,5)7-8-29(40-30)12-31-17(9-16(38-31)21(29)25(30)34)27(3,4)39-18(31)10-19(32)36-6/h13-18,20-23H,7-12H2,1-6H3/t13-,14-,15+,16+,17-,18+,20+,21-,22-,23-,28-,29-,30-,31+/m0/s1. The Labute approximate surface area is 234 Å². The van der Waals surface area contributed by atoms with Crippen LogP contribution in [0.3, 0.4) is 0 Å². The molecule has 6 heterocycles. The summed E-state index contributed by atoms with van der Waals surface area (Å²) in [4.78, 5) is 54.4. The molecule has 0 aromatic rings. The summed E-state index contributed by atoms with van der Waals surface area (Å²) in [5.74, 6) is -2.24. The number of ketones is 2. The first-order valence-corrected chi connectivity index (χ1v) is 15.2. The van der Waals surface area contributed by atoms with E-state index in [1.54, 1.807) is 0 Å². The Morgan fingerprint density at radius 2 is 1.77 bits per heavy atom. The predicted molar refractivity (Wildman–Crippen MR) is 137 cm³/mol. The number of hydrogen-bond donors (Lipinski definition) is 0. The smallest absolute Gasteiger partial charge is 0.309 e. The van der Waals surface area contributed by atoms with Crippen LogP contribution in [0.1, 0.15) is 73.1 Å². The van der Waals surface area contributed by atoms with Gasteiger partial charge in [0.05, 0.1) is 48.8 Å². The van der Waals surface area contributed by atoms with Crippen LogP contribution in [0, 0.1) is 46.8 Å². The van der Waals surface area contributed by atoms with Crippen LogP contribution in [0.25, 0.3) is 0 Å². The van der Waals surface area contributed by atoms with Crippen LogP contribution in [-0.4, -0.2) is 71.3 Å². The van der Waals surface area contributed by atoms with E-state index >= 15 is 4.79 Å². The lowest BCUT2D eigenvalue weighted by Gasteiger charge is -2.50. The number of fused-ring (bicyclic) bond motifs is 4. The summed E-state index contributed by atoms with van der Waals surface area (Å²) in [6.07, 6.45) is 1.54. The molecule has 0 radical (unpaired) electrons. The lowest BCUT2D eigenvalue weighted by atomic mass is 9.53. The minimum absolute atomic E-state index is 0.00339. The zero-order valence-electron chi connectivity index (χ0n) is 24.2. The fraction of sp³-hybridized carbons (Fsp3) is 0.871. The van der Waals surface area contributed by atoms with Crippen molar-refractivity contribution >= 4 is 23.5 Å². The maximum absolute atomic E-state index is 15.0. The highest BCUT2D eigenvalue weighted by molar-refractivity contribution is 5.98. The molecule has 14 atom stereocenters. The molecule has 6 aliphatic heterocycles. The Kier molecular flexibility index (Phi) is 4.76. The van der Waals surface area contributed by atoms with Gasteiger partial charge in [0.1, 0.15) is 23.1 Å². The number of rotatable bonds is 2. The van der Waals surface area contributed by atoms with Gasteiger partial charge in [0.2, 0.25) is 0 Å². The first-order chi connectivity index (χ1) is 18.7. The largest absolute Gasteiger partial charge is 0.469 e. The van der Waals surface area contributed by atoms with Crippen molar-refractivity contribution < 1.29 is 42.9 Å². The van der Waals surface area contributed by atoms with E-state index in [4.69, 9.17) is 23.7 Å². The van der Waals surface area contributed by atoms with Crippen molar-refractivity contribution in [3.63, 3.8) is 0 Å². The van der Waals surface area contributed by atoms with Crippen LogP contribution in [0.4, 0.5) is 0 Å². The first kappa shape index (κ1) is 25.8.